The van der Waals surface area contributed by atoms with Gasteiger partial charge in [0.05, 0.1) is 34.7 Å². The number of hydrogen-bond donors (Lipinski definition) is 2. The molecule has 0 saturated heterocycles. The lowest BCUT2D eigenvalue weighted by atomic mass is 9.71. The number of aliphatic hydroxyl groups excluding tert-OH is 2. The first-order valence-corrected chi connectivity index (χ1v) is 13.3. The Labute approximate surface area is 212 Å². The van der Waals surface area contributed by atoms with Gasteiger partial charge in [0.15, 0.2) is 6.10 Å². The van der Waals surface area contributed by atoms with Crippen LogP contribution in [-0.2, 0) is 14.3 Å². The fraction of sp³-hybridized carbons (Fsp3) is 0.667. The maximum absolute atomic E-state index is 15.2. The van der Waals surface area contributed by atoms with Crippen LogP contribution in [0.3, 0.4) is 0 Å². The SMILES string of the molecule is CC[C@H]1C(=O)C(C)(C)[C@@H](O)CC(=O)O[C@H](/C(F)=C/c2csc(C)n2)C/C=C(/C)CCC[C@H](C)[C@@H]1O. The van der Waals surface area contributed by atoms with Crippen LogP contribution in [0.25, 0.3) is 6.08 Å². The van der Waals surface area contributed by atoms with E-state index < -0.39 is 47.9 Å². The molecule has 2 rings (SSSR count). The second-order valence-corrected chi connectivity index (χ2v) is 11.3. The Morgan fingerprint density at radius 1 is 1.31 bits per heavy atom. The molecule has 1 aromatic heterocycles. The highest BCUT2D eigenvalue weighted by molar-refractivity contribution is 7.09. The molecule has 0 unspecified atom stereocenters. The van der Waals surface area contributed by atoms with Crippen molar-refractivity contribution in [3.63, 3.8) is 0 Å². The van der Waals surface area contributed by atoms with E-state index in [0.717, 1.165) is 29.8 Å². The number of carbonyl (C=O) groups excluding carboxylic acids is 2. The van der Waals surface area contributed by atoms with E-state index in [9.17, 15) is 19.8 Å². The number of ether oxygens (including phenoxy) is 1. The third kappa shape index (κ3) is 8.05. The van der Waals surface area contributed by atoms with Gasteiger partial charge in [-0.05, 0) is 45.4 Å². The standard InChI is InChI=1S/C27H40FNO5S/c1-7-20-25(32)17(3)10-8-9-16(2)11-12-22(21(28)13-19-15-35-18(4)29-19)34-24(31)14-23(30)27(5,6)26(20)33/h11,13,15,17,20,22-23,25,30,32H,7-10,12,14H2,1-6H3/b16-11-,21-13-/t17-,20+,22-,23-,25-/m0/s1. The monoisotopic (exact) mass is 509 g/mol. The molecule has 0 aliphatic carbocycles. The van der Waals surface area contributed by atoms with E-state index in [1.807, 2.05) is 33.8 Å². The summed E-state index contributed by atoms with van der Waals surface area (Å²) in [5.74, 6) is -2.45. The molecule has 1 aromatic rings. The smallest absolute Gasteiger partial charge is 0.309 e. The van der Waals surface area contributed by atoms with Gasteiger partial charge < -0.3 is 14.9 Å². The van der Waals surface area contributed by atoms with Crippen LogP contribution < -0.4 is 0 Å². The summed E-state index contributed by atoms with van der Waals surface area (Å²) in [5, 5.41) is 24.3. The van der Waals surface area contributed by atoms with Gasteiger partial charge in [-0.25, -0.2) is 9.37 Å². The molecular formula is C27H40FNO5S. The number of halogens is 1. The van der Waals surface area contributed by atoms with Crippen LogP contribution in [0, 0.1) is 24.2 Å². The first-order chi connectivity index (χ1) is 16.4. The normalized spacial score (nSPS) is 31.5. The van der Waals surface area contributed by atoms with Crippen LogP contribution in [-0.4, -0.2) is 45.3 Å². The molecule has 0 aromatic carbocycles. The molecule has 0 radical (unpaired) electrons. The number of ketones is 1. The summed E-state index contributed by atoms with van der Waals surface area (Å²) in [5.41, 5.74) is 0.205. The second-order valence-electron chi connectivity index (χ2n) is 10.3. The van der Waals surface area contributed by atoms with Gasteiger partial charge in [0, 0.05) is 23.8 Å². The lowest BCUT2D eigenvalue weighted by molar-refractivity contribution is -0.155. The Kier molecular flexibility index (Phi) is 10.8. The van der Waals surface area contributed by atoms with Gasteiger partial charge in [0.2, 0.25) is 0 Å². The van der Waals surface area contributed by atoms with Gasteiger partial charge in [0.25, 0.3) is 0 Å². The number of carbonyl (C=O) groups is 2. The van der Waals surface area contributed by atoms with Gasteiger partial charge in [-0.1, -0.05) is 39.3 Å². The van der Waals surface area contributed by atoms with Crippen molar-refractivity contribution in [2.24, 2.45) is 17.3 Å². The van der Waals surface area contributed by atoms with Gasteiger partial charge >= 0.3 is 5.97 Å². The average molecular weight is 510 g/mol. The Hall–Kier alpha value is -1.90. The van der Waals surface area contributed by atoms with Crippen LogP contribution >= 0.6 is 11.3 Å². The van der Waals surface area contributed by atoms with Crippen LogP contribution in [0.5, 0.6) is 0 Å². The minimum atomic E-state index is -1.34. The summed E-state index contributed by atoms with van der Waals surface area (Å²) >= 11 is 1.40. The van der Waals surface area contributed by atoms with Crippen molar-refractivity contribution < 1.29 is 28.9 Å². The molecule has 8 heteroatoms. The summed E-state index contributed by atoms with van der Waals surface area (Å²) < 4.78 is 20.6. The number of aliphatic hydroxyl groups is 2. The molecule has 0 spiro atoms. The molecule has 1 aliphatic heterocycles. The average Bonchev–Trinajstić information content (AvgIpc) is 3.20. The van der Waals surface area contributed by atoms with Crippen molar-refractivity contribution >= 4 is 29.2 Å². The summed E-state index contributed by atoms with van der Waals surface area (Å²) in [6.45, 7) is 10.7. The lowest BCUT2D eigenvalue weighted by Gasteiger charge is -2.35. The molecule has 6 nitrogen and oxygen atoms in total. The predicted molar refractivity (Wildman–Crippen MR) is 136 cm³/mol. The molecule has 2 N–H and O–H groups in total. The number of rotatable bonds is 3. The van der Waals surface area contributed by atoms with Crippen molar-refractivity contribution in [3.8, 4) is 0 Å². The van der Waals surface area contributed by atoms with Crippen LogP contribution in [0.15, 0.2) is 22.9 Å². The number of cyclic esters (lactones) is 1. The van der Waals surface area contributed by atoms with Gasteiger partial charge in [-0.2, -0.15) is 0 Å². The van der Waals surface area contributed by atoms with Crippen molar-refractivity contribution in [1.82, 2.24) is 4.98 Å². The molecule has 5 atom stereocenters. The van der Waals surface area contributed by atoms with Crippen LogP contribution in [0.2, 0.25) is 0 Å². The van der Waals surface area contributed by atoms with Crippen molar-refractivity contribution in [1.29, 1.82) is 0 Å². The van der Waals surface area contributed by atoms with Crippen molar-refractivity contribution in [2.75, 3.05) is 0 Å². The first kappa shape index (κ1) is 29.3. The zero-order valence-electron chi connectivity index (χ0n) is 21.7. The highest BCUT2D eigenvalue weighted by Crippen LogP contribution is 2.34. The minimum absolute atomic E-state index is 0.0998. The van der Waals surface area contributed by atoms with Crippen LogP contribution in [0.1, 0.15) is 83.8 Å². The van der Waals surface area contributed by atoms with Gasteiger partial charge in [-0.3, -0.25) is 9.59 Å². The molecule has 0 saturated carbocycles. The Balaban J connectivity index is 2.35. The van der Waals surface area contributed by atoms with Crippen molar-refractivity contribution in [2.45, 2.75) is 98.4 Å². The first-order valence-electron chi connectivity index (χ1n) is 12.4. The molecule has 1 aliphatic rings. The molecular weight excluding hydrogens is 469 g/mol. The van der Waals surface area contributed by atoms with E-state index >= 15 is 4.39 Å². The predicted octanol–water partition coefficient (Wildman–Crippen LogP) is 5.56. The minimum Gasteiger partial charge on any atom is -0.455 e. The number of aromatic nitrogens is 1. The Bertz CT molecular complexity index is 938. The highest BCUT2D eigenvalue weighted by atomic mass is 32.1. The molecule has 196 valence electrons. The summed E-state index contributed by atoms with van der Waals surface area (Å²) in [6, 6.07) is 0. The third-order valence-electron chi connectivity index (χ3n) is 7.01. The van der Waals surface area contributed by atoms with E-state index in [-0.39, 0.29) is 18.1 Å². The van der Waals surface area contributed by atoms with Gasteiger partial charge in [0.1, 0.15) is 11.6 Å². The largest absolute Gasteiger partial charge is 0.455 e. The molecule has 0 bridgehead atoms. The number of Topliss-reactive ketones (excluding diaryl/α,β-unsaturated/α-hetero) is 1. The van der Waals surface area contributed by atoms with E-state index in [2.05, 4.69) is 4.98 Å². The Morgan fingerprint density at radius 2 is 2.00 bits per heavy atom. The molecule has 0 fully saturated rings. The van der Waals surface area contributed by atoms with E-state index in [1.54, 1.807) is 19.2 Å². The maximum Gasteiger partial charge on any atom is 0.309 e. The quantitative estimate of drug-likeness (QED) is 0.409. The molecule has 2 heterocycles. The number of allylic oxidation sites excluding steroid dienone is 1. The number of aryl methyl sites for hydroxylation is 1. The topological polar surface area (TPSA) is 96.7 Å². The van der Waals surface area contributed by atoms with Crippen molar-refractivity contribution in [3.05, 3.63) is 33.6 Å². The fourth-order valence-electron chi connectivity index (χ4n) is 4.42. The maximum atomic E-state index is 15.2. The summed E-state index contributed by atoms with van der Waals surface area (Å²) in [6.07, 6.45) is 2.22. The van der Waals surface area contributed by atoms with E-state index in [4.69, 9.17) is 4.74 Å². The summed E-state index contributed by atoms with van der Waals surface area (Å²) in [4.78, 5) is 30.3. The number of nitrogens with zero attached hydrogens (tertiary/aromatic N) is 1. The zero-order valence-corrected chi connectivity index (χ0v) is 22.5. The van der Waals surface area contributed by atoms with Crippen LogP contribution in [0.4, 0.5) is 4.39 Å². The zero-order chi connectivity index (χ0) is 26.3. The highest BCUT2D eigenvalue weighted by Gasteiger charge is 2.43. The second kappa shape index (κ2) is 12.9. The van der Waals surface area contributed by atoms with E-state index in [1.165, 1.54) is 17.4 Å². The number of hydrogen-bond acceptors (Lipinski definition) is 7. The number of esters is 1. The van der Waals surface area contributed by atoms with E-state index in [0.29, 0.717) is 12.1 Å². The lowest BCUT2D eigenvalue weighted by Crippen LogP contribution is -2.46. The molecule has 35 heavy (non-hydrogen) atoms. The third-order valence-corrected chi connectivity index (χ3v) is 7.81. The number of thiazole rings is 1. The molecule has 0 amide bonds. The fourth-order valence-corrected chi connectivity index (χ4v) is 4.99. The summed E-state index contributed by atoms with van der Waals surface area (Å²) in [7, 11) is 0. The Morgan fingerprint density at radius 3 is 2.60 bits per heavy atom. The van der Waals surface area contributed by atoms with Gasteiger partial charge in [-0.15, -0.1) is 11.3 Å².